The lowest BCUT2D eigenvalue weighted by Crippen LogP contribution is -2.54. The number of aromatic nitrogens is 4. The molecule has 240 valence electrons. The lowest BCUT2D eigenvalue weighted by molar-refractivity contribution is -0.141. The van der Waals surface area contributed by atoms with E-state index in [2.05, 4.69) is 32.0 Å². The highest BCUT2D eigenvalue weighted by molar-refractivity contribution is 6.34. The molecule has 0 unspecified atom stereocenters. The second kappa shape index (κ2) is 13.8. The van der Waals surface area contributed by atoms with Gasteiger partial charge in [0.05, 0.1) is 28.0 Å². The summed E-state index contributed by atoms with van der Waals surface area (Å²) in [5, 5.41) is 12.5. The smallest absolute Gasteiger partial charge is 0.335 e. The van der Waals surface area contributed by atoms with E-state index < -0.39 is 17.8 Å². The van der Waals surface area contributed by atoms with Crippen LogP contribution in [0.1, 0.15) is 33.1 Å². The van der Waals surface area contributed by atoms with Gasteiger partial charge in [-0.15, -0.1) is 18.8 Å². The highest BCUT2D eigenvalue weighted by Gasteiger charge is 2.38. The predicted molar refractivity (Wildman–Crippen MR) is 162 cm³/mol. The van der Waals surface area contributed by atoms with Gasteiger partial charge in [0.2, 0.25) is 0 Å². The molecule has 0 spiro atoms. The molecule has 45 heavy (non-hydrogen) atoms. The van der Waals surface area contributed by atoms with E-state index in [-0.39, 0.29) is 70.3 Å². The lowest BCUT2D eigenvalue weighted by Gasteiger charge is -2.35. The summed E-state index contributed by atoms with van der Waals surface area (Å²) in [5.41, 5.74) is -0.941. The first-order valence-corrected chi connectivity index (χ1v) is 14.1. The van der Waals surface area contributed by atoms with Crippen molar-refractivity contribution in [3.8, 4) is 23.6 Å². The van der Waals surface area contributed by atoms with Gasteiger partial charge < -0.3 is 30.3 Å². The van der Waals surface area contributed by atoms with Gasteiger partial charge >= 0.3 is 12.2 Å². The zero-order valence-electron chi connectivity index (χ0n) is 24.0. The number of amides is 4. The van der Waals surface area contributed by atoms with Crippen molar-refractivity contribution in [1.82, 2.24) is 39.8 Å². The standard InChI is InChI=1S/C28H29ClF3N9O3.ClH/c1-3-8-41-16-20(23(37-41)28(30,31)32)22-15-34-24(38(22)2)25(42)35-17-4-5-19(21(29)13-17)26(43)39-9-11-40(12-10-39)27(44)36-18-6-7-33-14-18;/h1,4-5,13,15-16,18,33H,6-12,14H2,2H3,(H,35,42)(H,36,44);1H/t18-;/m0./s1. The molecule has 12 nitrogen and oxygen atoms in total. The third-order valence-electron chi connectivity index (χ3n) is 7.45. The van der Waals surface area contributed by atoms with E-state index in [1.807, 2.05) is 0 Å². The third kappa shape index (κ3) is 7.35. The number of terminal acetylenes is 1. The highest BCUT2D eigenvalue weighted by Crippen LogP contribution is 2.36. The van der Waals surface area contributed by atoms with Crippen LogP contribution >= 0.6 is 24.0 Å². The summed E-state index contributed by atoms with van der Waals surface area (Å²) in [6, 6.07) is 4.33. The van der Waals surface area contributed by atoms with Crippen molar-refractivity contribution < 1.29 is 27.6 Å². The number of alkyl halides is 3. The molecule has 4 amide bonds. The van der Waals surface area contributed by atoms with Gasteiger partial charge in [0.15, 0.2) is 11.5 Å². The molecule has 4 heterocycles. The summed E-state index contributed by atoms with van der Waals surface area (Å²) in [5.74, 6) is 1.05. The molecule has 2 saturated heterocycles. The SMILES string of the molecule is C#CCn1cc(-c2cnc(C(=O)Nc3ccc(C(=O)N4CCN(C(=O)N[C@H]5CCNC5)CC4)c(Cl)c3)n2C)c(C(F)(F)F)n1.Cl. The van der Waals surface area contributed by atoms with Gasteiger partial charge in [0.25, 0.3) is 11.8 Å². The number of rotatable bonds is 6. The van der Waals surface area contributed by atoms with Gasteiger partial charge in [-0.25, -0.2) is 9.78 Å². The molecule has 1 atom stereocenters. The first-order valence-electron chi connectivity index (χ1n) is 13.7. The van der Waals surface area contributed by atoms with E-state index >= 15 is 0 Å². The minimum Gasteiger partial charge on any atom is -0.335 e. The topological polar surface area (TPSA) is 129 Å². The van der Waals surface area contributed by atoms with Crippen LogP contribution < -0.4 is 16.0 Å². The van der Waals surface area contributed by atoms with Gasteiger partial charge in [0, 0.05) is 57.7 Å². The molecule has 3 aromatic rings. The van der Waals surface area contributed by atoms with Crippen molar-refractivity contribution in [2.24, 2.45) is 7.05 Å². The number of nitrogens with zero attached hydrogens (tertiary/aromatic N) is 6. The molecule has 2 aliphatic heterocycles. The van der Waals surface area contributed by atoms with Crippen LogP contribution in [-0.4, -0.2) is 92.3 Å². The molecular weight excluding hydrogens is 638 g/mol. The number of benzene rings is 1. The molecule has 2 aliphatic rings. The molecule has 0 bridgehead atoms. The monoisotopic (exact) mass is 667 g/mol. The minimum atomic E-state index is -4.76. The number of hydrogen-bond acceptors (Lipinski definition) is 6. The molecular formula is C28H30Cl2F3N9O3. The van der Waals surface area contributed by atoms with E-state index in [0.717, 1.165) is 36.6 Å². The van der Waals surface area contributed by atoms with Crippen LogP contribution in [0.15, 0.2) is 30.6 Å². The van der Waals surface area contributed by atoms with Crippen molar-refractivity contribution in [1.29, 1.82) is 0 Å². The summed E-state index contributed by atoms with van der Waals surface area (Å²) in [4.78, 5) is 46.0. The number of imidazole rings is 1. The Morgan fingerprint density at radius 1 is 1.18 bits per heavy atom. The van der Waals surface area contributed by atoms with Crippen molar-refractivity contribution in [3.63, 3.8) is 0 Å². The Labute approximate surface area is 267 Å². The average molecular weight is 669 g/mol. The maximum Gasteiger partial charge on any atom is 0.435 e. The fraction of sp³-hybridized carbons (Fsp3) is 0.393. The number of hydrogen-bond donors (Lipinski definition) is 3. The molecule has 0 radical (unpaired) electrons. The van der Waals surface area contributed by atoms with Gasteiger partial charge in [-0.1, -0.05) is 17.5 Å². The summed E-state index contributed by atoms with van der Waals surface area (Å²) in [7, 11) is 1.40. The average Bonchev–Trinajstić information content (AvgIpc) is 3.73. The number of nitrogens with one attached hydrogen (secondary N) is 3. The molecule has 5 rings (SSSR count). The van der Waals surface area contributed by atoms with Gasteiger partial charge in [-0.3, -0.25) is 14.3 Å². The van der Waals surface area contributed by atoms with E-state index in [9.17, 15) is 27.6 Å². The maximum absolute atomic E-state index is 13.6. The summed E-state index contributed by atoms with van der Waals surface area (Å²) >= 11 is 6.42. The second-order valence-electron chi connectivity index (χ2n) is 10.4. The van der Waals surface area contributed by atoms with Crippen molar-refractivity contribution in [2.45, 2.75) is 25.2 Å². The molecule has 2 aromatic heterocycles. The number of urea groups is 1. The molecule has 3 N–H and O–H groups in total. The zero-order chi connectivity index (χ0) is 31.6. The van der Waals surface area contributed by atoms with E-state index in [1.54, 1.807) is 9.80 Å². The lowest BCUT2D eigenvalue weighted by atomic mass is 10.1. The Morgan fingerprint density at radius 2 is 1.89 bits per heavy atom. The van der Waals surface area contributed by atoms with Crippen LogP contribution in [-0.2, 0) is 19.8 Å². The number of carbonyl (C=O) groups is 3. The molecule has 2 fully saturated rings. The Bertz CT molecular complexity index is 1620. The van der Waals surface area contributed by atoms with Crippen LogP contribution in [0.5, 0.6) is 0 Å². The number of piperazine rings is 1. The summed E-state index contributed by atoms with van der Waals surface area (Å²) in [6.07, 6.45) is 3.64. The number of anilines is 1. The van der Waals surface area contributed by atoms with Crippen LogP contribution in [0.4, 0.5) is 23.7 Å². The van der Waals surface area contributed by atoms with Crippen molar-refractivity contribution in [2.75, 3.05) is 44.6 Å². The molecule has 0 aliphatic carbocycles. The molecule has 17 heteroatoms. The predicted octanol–water partition coefficient (Wildman–Crippen LogP) is 3.09. The highest BCUT2D eigenvalue weighted by atomic mass is 35.5. The summed E-state index contributed by atoms with van der Waals surface area (Å²) < 4.78 is 43.1. The van der Waals surface area contributed by atoms with Crippen LogP contribution in [0.25, 0.3) is 11.3 Å². The first-order chi connectivity index (χ1) is 21.0. The molecule has 0 saturated carbocycles. The second-order valence-corrected chi connectivity index (χ2v) is 10.8. The zero-order valence-corrected chi connectivity index (χ0v) is 25.6. The van der Waals surface area contributed by atoms with E-state index in [4.69, 9.17) is 18.0 Å². The fourth-order valence-corrected chi connectivity index (χ4v) is 5.40. The Hall–Kier alpha value is -4.26. The third-order valence-corrected chi connectivity index (χ3v) is 7.76. The quantitative estimate of drug-likeness (QED) is 0.347. The Balaban J connectivity index is 0.00000461. The van der Waals surface area contributed by atoms with Gasteiger partial charge in [-0.2, -0.15) is 18.3 Å². The Kier molecular flexibility index (Phi) is 10.3. The first kappa shape index (κ1) is 33.6. The minimum absolute atomic E-state index is 0. The summed E-state index contributed by atoms with van der Waals surface area (Å²) in [6.45, 7) is 2.87. The van der Waals surface area contributed by atoms with E-state index in [0.29, 0.717) is 26.2 Å². The van der Waals surface area contributed by atoms with Crippen LogP contribution in [0, 0.1) is 12.3 Å². The maximum atomic E-state index is 13.6. The van der Waals surface area contributed by atoms with Crippen LogP contribution in [0.3, 0.4) is 0 Å². The fourth-order valence-electron chi connectivity index (χ4n) is 5.14. The van der Waals surface area contributed by atoms with Crippen LogP contribution in [0.2, 0.25) is 5.02 Å². The van der Waals surface area contributed by atoms with Gasteiger partial charge in [-0.05, 0) is 31.2 Å². The van der Waals surface area contributed by atoms with Crippen molar-refractivity contribution >= 4 is 47.5 Å². The normalized spacial score (nSPS) is 16.6. The molecule has 1 aromatic carbocycles. The van der Waals surface area contributed by atoms with Crippen molar-refractivity contribution in [3.05, 3.63) is 52.7 Å². The van der Waals surface area contributed by atoms with Gasteiger partial charge in [0.1, 0.15) is 6.54 Å². The number of halogens is 5. The largest absolute Gasteiger partial charge is 0.435 e. The Morgan fingerprint density at radius 3 is 2.51 bits per heavy atom. The van der Waals surface area contributed by atoms with E-state index in [1.165, 1.54) is 29.8 Å². The number of carbonyl (C=O) groups excluding carboxylic acids is 3.